The molecule has 0 spiro atoms. The van der Waals surface area contributed by atoms with E-state index < -0.39 is 23.3 Å². The van der Waals surface area contributed by atoms with Crippen LogP contribution in [0.2, 0.25) is 0 Å². The van der Waals surface area contributed by atoms with Crippen molar-refractivity contribution in [3.05, 3.63) is 95.4 Å². The number of carbonyl (C=O) groups is 1. The Kier molecular flexibility index (Phi) is 8.24. The third-order valence-corrected chi connectivity index (χ3v) is 7.57. The molecule has 1 N–H and O–H groups in total. The number of ether oxygens (including phenoxy) is 1. The Hall–Kier alpha value is -5.20. The van der Waals surface area contributed by atoms with Crippen LogP contribution in [0.15, 0.2) is 81.8 Å². The minimum atomic E-state index is -4.51. The molecule has 0 unspecified atom stereocenters. The molecule has 6 rings (SSSR count). The average Bonchev–Trinajstić information content (AvgIpc) is 3.54. The van der Waals surface area contributed by atoms with Crippen LogP contribution in [-0.2, 0) is 23.9 Å². The maximum atomic E-state index is 13.3. The Balaban J connectivity index is 1.21. The highest BCUT2D eigenvalue weighted by molar-refractivity contribution is 5.76. The van der Waals surface area contributed by atoms with Crippen LogP contribution in [-0.4, -0.2) is 43.5 Å². The number of benzene rings is 3. The van der Waals surface area contributed by atoms with Gasteiger partial charge in [-0.1, -0.05) is 47.6 Å². The number of rotatable bonds is 12. The Morgan fingerprint density at radius 3 is 2.33 bits per heavy atom. The molecule has 5 aromatic rings. The zero-order chi connectivity index (χ0) is 32.5. The van der Waals surface area contributed by atoms with Crippen molar-refractivity contribution in [1.82, 2.24) is 20.3 Å². The van der Waals surface area contributed by atoms with Crippen molar-refractivity contribution >= 4 is 11.9 Å². The molecule has 0 atom stereocenters. The first kappa shape index (κ1) is 30.8. The summed E-state index contributed by atoms with van der Waals surface area (Å²) in [5.74, 6) is 1.05. The summed E-state index contributed by atoms with van der Waals surface area (Å²) >= 11 is 0. The van der Waals surface area contributed by atoms with Gasteiger partial charge in [0.15, 0.2) is 5.60 Å². The van der Waals surface area contributed by atoms with Crippen LogP contribution in [0, 0.1) is 0 Å². The molecule has 1 aliphatic rings. The number of carboxylic acid groups (broad SMARTS) is 1. The van der Waals surface area contributed by atoms with Crippen LogP contribution < -0.4 is 9.64 Å². The number of alkyl halides is 3. The Morgan fingerprint density at radius 1 is 0.935 bits per heavy atom. The summed E-state index contributed by atoms with van der Waals surface area (Å²) in [7, 11) is 0. The lowest BCUT2D eigenvalue weighted by atomic mass is 10.1. The molecule has 238 valence electrons. The van der Waals surface area contributed by atoms with Gasteiger partial charge < -0.3 is 23.8 Å². The van der Waals surface area contributed by atoms with Crippen LogP contribution in [0.4, 0.5) is 19.1 Å². The minimum Gasteiger partial charge on any atom is -0.478 e. The molecule has 0 radical (unpaired) electrons. The van der Waals surface area contributed by atoms with Crippen molar-refractivity contribution in [2.45, 2.75) is 57.3 Å². The van der Waals surface area contributed by atoms with E-state index in [1.165, 1.54) is 26.0 Å². The fraction of sp³-hybridized carbons (Fsp3) is 0.303. The molecule has 3 aromatic carbocycles. The lowest BCUT2D eigenvalue weighted by Gasteiger charge is -2.22. The third kappa shape index (κ3) is 7.19. The molecule has 0 amide bonds. The lowest BCUT2D eigenvalue weighted by Crippen LogP contribution is -2.37. The summed E-state index contributed by atoms with van der Waals surface area (Å²) in [6.07, 6.45) is -1.85. The summed E-state index contributed by atoms with van der Waals surface area (Å²) in [4.78, 5) is 22.2. The number of aromatic nitrogens is 4. The highest BCUT2D eigenvalue weighted by Crippen LogP contribution is 2.39. The molecule has 2 heterocycles. The second-order valence-electron chi connectivity index (χ2n) is 11.6. The predicted octanol–water partition coefficient (Wildman–Crippen LogP) is 7.17. The highest BCUT2D eigenvalue weighted by atomic mass is 19.4. The van der Waals surface area contributed by atoms with E-state index in [1.54, 1.807) is 12.1 Å². The first-order valence-corrected chi connectivity index (χ1v) is 14.7. The summed E-state index contributed by atoms with van der Waals surface area (Å²) in [6, 6.07) is 19.5. The van der Waals surface area contributed by atoms with Crippen molar-refractivity contribution in [3.8, 4) is 28.6 Å². The molecular formula is C33H30F3N5O5. The number of anilines is 1. The first-order valence-electron chi connectivity index (χ1n) is 14.7. The summed E-state index contributed by atoms with van der Waals surface area (Å²) in [5, 5.41) is 17.5. The second kappa shape index (κ2) is 12.3. The van der Waals surface area contributed by atoms with Crippen LogP contribution >= 0.6 is 0 Å². The zero-order valence-corrected chi connectivity index (χ0v) is 25.0. The molecule has 0 bridgehead atoms. The maximum Gasteiger partial charge on any atom is 0.416 e. The van der Waals surface area contributed by atoms with Crippen molar-refractivity contribution in [3.63, 3.8) is 0 Å². The fourth-order valence-electron chi connectivity index (χ4n) is 4.69. The van der Waals surface area contributed by atoms with E-state index in [0.717, 1.165) is 41.7 Å². The number of nitrogens with zero attached hydrogens (tertiary/aromatic N) is 5. The zero-order valence-electron chi connectivity index (χ0n) is 25.0. The average molecular weight is 634 g/mol. The normalized spacial score (nSPS) is 13.5. The largest absolute Gasteiger partial charge is 0.478 e. The standard InChI is InChI=1S/C33H30F3N5O5/c1-32(2,30(42)43)44-26-14-8-20(9-15-26)16-17-41(31-38-29(46-40-31)24-4-3-5-25(18-24)33(34,35)36)19-21-6-10-22(11-7-21)27-37-28(45-39-27)23-12-13-23/h3-11,14-15,18,23H,12-13,16-17,19H2,1-2H3,(H,42,43). The quantitative estimate of drug-likeness (QED) is 0.151. The number of aliphatic carboxylic acids is 1. The lowest BCUT2D eigenvalue weighted by molar-refractivity contribution is -0.152. The monoisotopic (exact) mass is 633 g/mol. The van der Waals surface area contributed by atoms with Gasteiger partial charge in [-0.3, -0.25) is 0 Å². The van der Waals surface area contributed by atoms with Crippen molar-refractivity contribution in [2.24, 2.45) is 0 Å². The molecule has 1 saturated carbocycles. The van der Waals surface area contributed by atoms with E-state index in [2.05, 4.69) is 20.3 Å². The molecule has 46 heavy (non-hydrogen) atoms. The Bertz CT molecular complexity index is 1810. The molecule has 2 aromatic heterocycles. The maximum absolute atomic E-state index is 13.3. The Labute approximate surface area is 261 Å². The second-order valence-corrected chi connectivity index (χ2v) is 11.6. The van der Waals surface area contributed by atoms with Gasteiger partial charge in [0, 0.05) is 30.1 Å². The van der Waals surface area contributed by atoms with Gasteiger partial charge in [0.25, 0.3) is 11.8 Å². The SMILES string of the molecule is CC(C)(Oc1ccc(CCN(Cc2ccc(-c3noc(C4CC4)n3)cc2)c2noc(-c3cccc(C(F)(F)F)c3)n2)cc1)C(=O)O. The summed E-state index contributed by atoms with van der Waals surface area (Å²) in [6.45, 7) is 3.74. The van der Waals surface area contributed by atoms with Gasteiger partial charge in [0.1, 0.15) is 5.75 Å². The summed E-state index contributed by atoms with van der Waals surface area (Å²) < 4.78 is 56.3. The van der Waals surface area contributed by atoms with E-state index in [1.807, 2.05) is 41.3 Å². The topological polar surface area (TPSA) is 128 Å². The van der Waals surface area contributed by atoms with Gasteiger partial charge in [-0.2, -0.15) is 23.1 Å². The number of carboxylic acids is 1. The Morgan fingerprint density at radius 2 is 1.65 bits per heavy atom. The predicted molar refractivity (Wildman–Crippen MR) is 160 cm³/mol. The molecule has 1 fully saturated rings. The van der Waals surface area contributed by atoms with Crippen LogP contribution in [0.25, 0.3) is 22.8 Å². The van der Waals surface area contributed by atoms with Crippen LogP contribution in [0.3, 0.4) is 0 Å². The molecule has 13 heteroatoms. The van der Waals surface area contributed by atoms with Gasteiger partial charge in [-0.15, -0.1) is 0 Å². The first-order chi connectivity index (χ1) is 21.9. The van der Waals surface area contributed by atoms with Crippen molar-refractivity contribution in [2.75, 3.05) is 11.4 Å². The van der Waals surface area contributed by atoms with Gasteiger partial charge in [-0.05, 0) is 79.7 Å². The fourth-order valence-corrected chi connectivity index (χ4v) is 4.69. The molecule has 1 aliphatic carbocycles. The number of halogens is 3. The smallest absolute Gasteiger partial charge is 0.416 e. The van der Waals surface area contributed by atoms with Gasteiger partial charge in [-0.25, -0.2) is 4.79 Å². The van der Waals surface area contributed by atoms with Gasteiger partial charge >= 0.3 is 12.1 Å². The van der Waals surface area contributed by atoms with E-state index >= 15 is 0 Å². The van der Waals surface area contributed by atoms with Gasteiger partial charge in [0.05, 0.1) is 5.56 Å². The van der Waals surface area contributed by atoms with Crippen molar-refractivity contribution < 1.29 is 36.9 Å². The van der Waals surface area contributed by atoms with E-state index in [4.69, 9.17) is 13.8 Å². The molecular weight excluding hydrogens is 603 g/mol. The van der Waals surface area contributed by atoms with E-state index in [0.29, 0.717) is 42.9 Å². The van der Waals surface area contributed by atoms with E-state index in [9.17, 15) is 23.1 Å². The van der Waals surface area contributed by atoms with Gasteiger partial charge in [0.2, 0.25) is 11.7 Å². The third-order valence-electron chi connectivity index (χ3n) is 7.57. The van der Waals surface area contributed by atoms with Crippen LogP contribution in [0.5, 0.6) is 5.75 Å². The van der Waals surface area contributed by atoms with Crippen molar-refractivity contribution in [1.29, 1.82) is 0 Å². The molecule has 0 aliphatic heterocycles. The number of hydrogen-bond donors (Lipinski definition) is 1. The number of hydrogen-bond acceptors (Lipinski definition) is 9. The van der Waals surface area contributed by atoms with Crippen LogP contribution in [0.1, 0.15) is 55.2 Å². The summed E-state index contributed by atoms with van der Waals surface area (Å²) in [5.41, 5.74) is 0.624. The highest BCUT2D eigenvalue weighted by Gasteiger charge is 2.32. The van der Waals surface area contributed by atoms with E-state index in [-0.39, 0.29) is 17.4 Å². The molecule has 0 saturated heterocycles. The minimum absolute atomic E-state index is 0.0347. The molecule has 10 nitrogen and oxygen atoms in total.